The smallest absolute Gasteiger partial charge is 0.167 e. The third kappa shape index (κ3) is 4.18. The van der Waals surface area contributed by atoms with Crippen LogP contribution in [0.3, 0.4) is 0 Å². The Kier molecular flexibility index (Phi) is 5.95. The molecule has 5 heterocycles. The largest absolute Gasteiger partial charge is 0.378 e. The molecule has 7 rings (SSSR count). The number of morpholine rings is 1. The molecule has 1 atom stereocenters. The molecule has 2 aromatic heterocycles. The molecule has 0 aliphatic carbocycles. The first-order valence-electron chi connectivity index (χ1n) is 13.4. The number of anilines is 1. The van der Waals surface area contributed by atoms with Crippen molar-refractivity contribution in [2.75, 3.05) is 37.7 Å². The summed E-state index contributed by atoms with van der Waals surface area (Å²) >= 11 is 0. The molecule has 0 amide bonds. The second-order valence-corrected chi connectivity index (χ2v) is 10.2. The summed E-state index contributed by atoms with van der Waals surface area (Å²) in [5.41, 5.74) is 4.98. The summed E-state index contributed by atoms with van der Waals surface area (Å²) in [6.07, 6.45) is 8.71. The van der Waals surface area contributed by atoms with Crippen molar-refractivity contribution >= 4 is 22.9 Å². The summed E-state index contributed by atoms with van der Waals surface area (Å²) in [4.78, 5) is 24.9. The van der Waals surface area contributed by atoms with Crippen molar-refractivity contribution in [3.05, 3.63) is 107 Å². The molecule has 7 nitrogen and oxygen atoms in total. The molecule has 0 bridgehead atoms. The Balaban J connectivity index is 1.32. The maximum absolute atomic E-state index is 5.69. The zero-order chi connectivity index (χ0) is 25.4. The van der Waals surface area contributed by atoms with E-state index >= 15 is 0 Å². The molecule has 1 unspecified atom stereocenters. The van der Waals surface area contributed by atoms with Crippen molar-refractivity contribution in [3.63, 3.8) is 0 Å². The molecule has 3 aliphatic rings. The highest BCUT2D eigenvalue weighted by Crippen LogP contribution is 2.39. The molecule has 2 aromatic carbocycles. The molecule has 38 heavy (non-hydrogen) atoms. The molecular formula is C31H30N6O. The van der Waals surface area contributed by atoms with Crippen molar-refractivity contribution in [2.24, 2.45) is 4.99 Å². The van der Waals surface area contributed by atoms with Crippen LogP contribution in [0.15, 0.2) is 84.0 Å². The molecule has 0 radical (unpaired) electrons. The predicted octanol–water partition coefficient (Wildman–Crippen LogP) is 4.30. The fourth-order valence-corrected chi connectivity index (χ4v) is 5.77. The van der Waals surface area contributed by atoms with Gasteiger partial charge in [-0.1, -0.05) is 42.5 Å². The number of benzene rings is 2. The normalized spacial score (nSPS) is 21.2. The molecule has 4 aromatic rings. The molecule has 0 N–H and O–H groups in total. The zero-order valence-electron chi connectivity index (χ0n) is 21.3. The molecule has 3 aliphatic heterocycles. The van der Waals surface area contributed by atoms with Crippen LogP contribution in [0.25, 0.3) is 10.9 Å². The number of hydrogen-bond donors (Lipinski definition) is 0. The highest BCUT2D eigenvalue weighted by atomic mass is 16.5. The van der Waals surface area contributed by atoms with Gasteiger partial charge in [-0.3, -0.25) is 14.9 Å². The van der Waals surface area contributed by atoms with E-state index in [1.54, 1.807) is 0 Å². The van der Waals surface area contributed by atoms with Gasteiger partial charge in [0.1, 0.15) is 5.82 Å². The minimum absolute atomic E-state index is 0.711. The van der Waals surface area contributed by atoms with Gasteiger partial charge in [0.15, 0.2) is 11.4 Å². The van der Waals surface area contributed by atoms with Gasteiger partial charge in [0.2, 0.25) is 0 Å². The SMILES string of the molecule is C1=CC(c2ccc3ncccc3c2)(c2nc3c(c(N4CCOCC4)n2)CN(Cc2ccccc2)CC3)N=C1. The molecule has 0 saturated carbocycles. The van der Waals surface area contributed by atoms with Crippen LogP contribution >= 0.6 is 0 Å². The summed E-state index contributed by atoms with van der Waals surface area (Å²) in [5.74, 6) is 1.77. The van der Waals surface area contributed by atoms with Crippen molar-refractivity contribution < 1.29 is 4.74 Å². The fraction of sp³-hybridized carbons (Fsp3) is 0.290. The molecule has 1 saturated heterocycles. The molecule has 1 fully saturated rings. The van der Waals surface area contributed by atoms with Crippen LogP contribution < -0.4 is 4.90 Å². The van der Waals surface area contributed by atoms with Crippen LogP contribution in [0, 0.1) is 0 Å². The Bertz CT molecular complexity index is 1510. The molecule has 0 spiro atoms. The van der Waals surface area contributed by atoms with Gasteiger partial charge >= 0.3 is 0 Å². The Morgan fingerprint density at radius 1 is 0.921 bits per heavy atom. The van der Waals surface area contributed by atoms with E-state index in [1.165, 1.54) is 11.1 Å². The summed E-state index contributed by atoms with van der Waals surface area (Å²) in [6, 6.07) is 21.1. The lowest BCUT2D eigenvalue weighted by molar-refractivity contribution is 0.122. The molecule has 7 heteroatoms. The minimum atomic E-state index is -0.749. The van der Waals surface area contributed by atoms with Gasteiger partial charge in [-0.25, -0.2) is 9.97 Å². The van der Waals surface area contributed by atoms with E-state index in [9.17, 15) is 0 Å². The number of aliphatic imine (C=N–C) groups is 1. The average Bonchev–Trinajstić information content (AvgIpc) is 3.49. The van der Waals surface area contributed by atoms with E-state index in [2.05, 4.69) is 75.5 Å². The quantitative estimate of drug-likeness (QED) is 0.405. The Labute approximate surface area is 222 Å². The summed E-state index contributed by atoms with van der Waals surface area (Å²) in [6.45, 7) is 5.81. The Morgan fingerprint density at radius 3 is 2.66 bits per heavy atom. The number of hydrogen-bond acceptors (Lipinski definition) is 7. The number of rotatable bonds is 5. The van der Waals surface area contributed by atoms with Crippen molar-refractivity contribution in [1.29, 1.82) is 0 Å². The zero-order valence-corrected chi connectivity index (χ0v) is 21.3. The van der Waals surface area contributed by atoms with E-state index in [0.29, 0.717) is 13.2 Å². The standard InChI is InChI=1S/C31H30N6O/c1-2-6-23(7-3-1)21-36-15-11-28-26(22-36)29(37-16-18-38-19-17-37)35-30(34-28)31(12-5-14-33-31)25-9-10-27-24(20-25)8-4-13-32-27/h1-10,12-14,20H,11,15-19,21-22H2. The van der Waals surface area contributed by atoms with Crippen molar-refractivity contribution in [1.82, 2.24) is 19.9 Å². The van der Waals surface area contributed by atoms with Crippen LogP contribution in [0.4, 0.5) is 5.82 Å². The minimum Gasteiger partial charge on any atom is -0.378 e. The monoisotopic (exact) mass is 502 g/mol. The van der Waals surface area contributed by atoms with E-state index in [0.717, 1.165) is 72.9 Å². The van der Waals surface area contributed by atoms with E-state index in [1.807, 2.05) is 24.6 Å². The van der Waals surface area contributed by atoms with Gasteiger partial charge in [0.25, 0.3) is 0 Å². The highest BCUT2D eigenvalue weighted by Gasteiger charge is 2.38. The lowest BCUT2D eigenvalue weighted by Gasteiger charge is -2.36. The van der Waals surface area contributed by atoms with Crippen molar-refractivity contribution in [2.45, 2.75) is 25.0 Å². The van der Waals surface area contributed by atoms with E-state index in [-0.39, 0.29) is 0 Å². The first-order chi connectivity index (χ1) is 18.8. The second kappa shape index (κ2) is 9.74. The van der Waals surface area contributed by atoms with Gasteiger partial charge in [-0.15, -0.1) is 0 Å². The first kappa shape index (κ1) is 23.2. The van der Waals surface area contributed by atoms with E-state index < -0.39 is 5.54 Å². The maximum atomic E-state index is 5.69. The van der Waals surface area contributed by atoms with E-state index in [4.69, 9.17) is 19.7 Å². The number of nitrogens with zero attached hydrogens (tertiary/aromatic N) is 6. The van der Waals surface area contributed by atoms with Crippen LogP contribution in [0.1, 0.15) is 28.2 Å². The topological polar surface area (TPSA) is 66.7 Å². The number of pyridine rings is 1. The van der Waals surface area contributed by atoms with Gasteiger partial charge in [-0.2, -0.15) is 0 Å². The number of ether oxygens (including phenoxy) is 1. The lowest BCUT2D eigenvalue weighted by Crippen LogP contribution is -2.40. The van der Waals surface area contributed by atoms with Crippen LogP contribution in [0.2, 0.25) is 0 Å². The number of allylic oxidation sites excluding steroid dienone is 1. The van der Waals surface area contributed by atoms with Gasteiger partial charge in [-0.05, 0) is 41.5 Å². The van der Waals surface area contributed by atoms with Crippen LogP contribution in [-0.4, -0.2) is 58.9 Å². The second-order valence-electron chi connectivity index (χ2n) is 10.2. The van der Waals surface area contributed by atoms with Gasteiger partial charge in [0, 0.05) is 62.5 Å². The Hall–Kier alpha value is -3.94. The van der Waals surface area contributed by atoms with Gasteiger partial charge < -0.3 is 9.64 Å². The third-order valence-electron chi connectivity index (χ3n) is 7.76. The molecular weight excluding hydrogens is 472 g/mol. The van der Waals surface area contributed by atoms with Crippen molar-refractivity contribution in [3.8, 4) is 0 Å². The average molecular weight is 503 g/mol. The molecule has 190 valence electrons. The number of fused-ring (bicyclic) bond motifs is 2. The maximum Gasteiger partial charge on any atom is 0.167 e. The first-order valence-corrected chi connectivity index (χ1v) is 13.4. The van der Waals surface area contributed by atoms with Gasteiger partial charge in [0.05, 0.1) is 24.4 Å². The predicted molar refractivity (Wildman–Crippen MR) is 149 cm³/mol. The fourth-order valence-electron chi connectivity index (χ4n) is 5.77. The highest BCUT2D eigenvalue weighted by molar-refractivity contribution is 5.82. The Morgan fingerprint density at radius 2 is 1.82 bits per heavy atom. The summed E-state index contributed by atoms with van der Waals surface area (Å²) in [7, 11) is 0. The van der Waals surface area contributed by atoms with Crippen LogP contribution in [-0.2, 0) is 29.8 Å². The number of aromatic nitrogens is 3. The summed E-state index contributed by atoms with van der Waals surface area (Å²) < 4.78 is 5.69. The summed E-state index contributed by atoms with van der Waals surface area (Å²) in [5, 5.41) is 1.09. The lowest BCUT2D eigenvalue weighted by atomic mass is 9.88. The van der Waals surface area contributed by atoms with Crippen LogP contribution in [0.5, 0.6) is 0 Å². The third-order valence-corrected chi connectivity index (χ3v) is 7.76.